The summed E-state index contributed by atoms with van der Waals surface area (Å²) < 4.78 is 0. The number of nitrogens with zero attached hydrogens (tertiary/aromatic N) is 1. The van der Waals surface area contributed by atoms with Crippen LogP contribution in [0.25, 0.3) is 0 Å². The van der Waals surface area contributed by atoms with E-state index in [1.807, 2.05) is 19.1 Å². The number of nitrogens with two attached hydrogens (primary N) is 1. The van der Waals surface area contributed by atoms with Crippen LogP contribution in [0.1, 0.15) is 37.8 Å². The number of hydrogen-bond donors (Lipinski definition) is 3. The molecule has 17 heavy (non-hydrogen) atoms. The summed E-state index contributed by atoms with van der Waals surface area (Å²) in [5, 5.41) is 13.3. The summed E-state index contributed by atoms with van der Waals surface area (Å²) in [6, 6.07) is 3.83. The number of pyridine rings is 1. The number of aryl methyl sites for hydroxylation is 1. The molecule has 2 unspecified atom stereocenters. The molecular weight excluding hydrogens is 214 g/mol. The zero-order valence-electron chi connectivity index (χ0n) is 10.3. The summed E-state index contributed by atoms with van der Waals surface area (Å²) in [4.78, 5) is 4.38. The second-order valence-electron chi connectivity index (χ2n) is 4.85. The predicted octanol–water partition coefficient (Wildman–Crippen LogP) is 2.08. The number of aromatic nitrogens is 1. The van der Waals surface area contributed by atoms with Gasteiger partial charge in [-0.3, -0.25) is 0 Å². The maximum atomic E-state index is 10.0. The van der Waals surface area contributed by atoms with Gasteiger partial charge in [0.05, 0.1) is 17.8 Å². The Morgan fingerprint density at radius 2 is 2.06 bits per heavy atom. The largest absolute Gasteiger partial charge is 0.396 e. The van der Waals surface area contributed by atoms with E-state index >= 15 is 0 Å². The molecule has 0 saturated heterocycles. The molecular formula is C13H21N3O. The molecule has 0 aromatic carbocycles. The SMILES string of the molecule is Cc1ccc(N)c(NC2CCCCCC2O)n1. The second kappa shape index (κ2) is 5.36. The summed E-state index contributed by atoms with van der Waals surface area (Å²) in [6.07, 6.45) is 5.02. The standard InChI is InChI=1S/C13H21N3O/c1-9-7-8-10(14)13(15-9)16-11-5-3-2-4-6-12(11)17/h7-8,11-12,17H,2-6,14H2,1H3,(H,15,16). The lowest BCUT2D eigenvalue weighted by atomic mass is 10.1. The number of nitrogens with one attached hydrogen (secondary N) is 1. The molecule has 1 fully saturated rings. The van der Waals surface area contributed by atoms with Crippen molar-refractivity contribution in [2.24, 2.45) is 0 Å². The van der Waals surface area contributed by atoms with Gasteiger partial charge < -0.3 is 16.2 Å². The molecule has 2 rings (SSSR count). The van der Waals surface area contributed by atoms with Crippen molar-refractivity contribution in [1.29, 1.82) is 0 Å². The van der Waals surface area contributed by atoms with Gasteiger partial charge in [0, 0.05) is 5.69 Å². The van der Waals surface area contributed by atoms with Gasteiger partial charge in [-0.05, 0) is 31.9 Å². The van der Waals surface area contributed by atoms with Crippen molar-refractivity contribution in [2.75, 3.05) is 11.1 Å². The van der Waals surface area contributed by atoms with Gasteiger partial charge in [0.25, 0.3) is 0 Å². The highest BCUT2D eigenvalue weighted by molar-refractivity contribution is 5.61. The van der Waals surface area contributed by atoms with Gasteiger partial charge in [-0.15, -0.1) is 0 Å². The van der Waals surface area contributed by atoms with Crippen molar-refractivity contribution < 1.29 is 5.11 Å². The van der Waals surface area contributed by atoms with Crippen LogP contribution < -0.4 is 11.1 Å². The molecule has 4 N–H and O–H groups in total. The maximum Gasteiger partial charge on any atom is 0.149 e. The highest BCUT2D eigenvalue weighted by Crippen LogP contribution is 2.23. The maximum absolute atomic E-state index is 10.0. The normalized spacial score (nSPS) is 25.3. The van der Waals surface area contributed by atoms with Crippen molar-refractivity contribution in [3.8, 4) is 0 Å². The van der Waals surface area contributed by atoms with Crippen LogP contribution in [0.3, 0.4) is 0 Å². The molecule has 1 saturated carbocycles. The first-order chi connectivity index (χ1) is 8.16. The molecule has 0 bridgehead atoms. The van der Waals surface area contributed by atoms with E-state index in [4.69, 9.17) is 5.73 Å². The first-order valence-electron chi connectivity index (χ1n) is 6.34. The van der Waals surface area contributed by atoms with E-state index in [2.05, 4.69) is 10.3 Å². The average Bonchev–Trinajstić information content (AvgIpc) is 2.50. The van der Waals surface area contributed by atoms with E-state index in [1.54, 1.807) is 0 Å². The van der Waals surface area contributed by atoms with E-state index in [1.165, 1.54) is 6.42 Å². The molecule has 94 valence electrons. The Morgan fingerprint density at radius 3 is 2.88 bits per heavy atom. The van der Waals surface area contributed by atoms with Gasteiger partial charge in [-0.1, -0.05) is 19.3 Å². The lowest BCUT2D eigenvalue weighted by Crippen LogP contribution is -2.33. The van der Waals surface area contributed by atoms with Crippen LogP contribution in [-0.2, 0) is 0 Å². The van der Waals surface area contributed by atoms with Crippen LogP contribution in [-0.4, -0.2) is 22.2 Å². The van der Waals surface area contributed by atoms with Crippen LogP contribution in [0.5, 0.6) is 0 Å². The Morgan fingerprint density at radius 1 is 1.29 bits per heavy atom. The van der Waals surface area contributed by atoms with Crippen molar-refractivity contribution in [1.82, 2.24) is 4.98 Å². The minimum absolute atomic E-state index is 0.0779. The summed E-state index contributed by atoms with van der Waals surface area (Å²) in [6.45, 7) is 1.94. The monoisotopic (exact) mass is 235 g/mol. The number of anilines is 2. The van der Waals surface area contributed by atoms with Crippen molar-refractivity contribution in [3.63, 3.8) is 0 Å². The number of rotatable bonds is 2. The zero-order valence-corrected chi connectivity index (χ0v) is 10.3. The first-order valence-corrected chi connectivity index (χ1v) is 6.34. The third-order valence-corrected chi connectivity index (χ3v) is 3.37. The van der Waals surface area contributed by atoms with E-state index in [0.717, 1.165) is 31.4 Å². The Kier molecular flexibility index (Phi) is 3.84. The van der Waals surface area contributed by atoms with Crippen LogP contribution in [0.2, 0.25) is 0 Å². The Labute approximate surface area is 102 Å². The fourth-order valence-corrected chi connectivity index (χ4v) is 2.32. The Balaban J connectivity index is 2.10. The van der Waals surface area contributed by atoms with Gasteiger partial charge in [0.1, 0.15) is 5.82 Å². The number of nitrogen functional groups attached to an aromatic ring is 1. The number of hydrogen-bond acceptors (Lipinski definition) is 4. The predicted molar refractivity (Wildman–Crippen MR) is 69.9 cm³/mol. The molecule has 0 spiro atoms. The highest BCUT2D eigenvalue weighted by atomic mass is 16.3. The Hall–Kier alpha value is -1.29. The van der Waals surface area contributed by atoms with Crippen LogP contribution in [0, 0.1) is 6.92 Å². The molecule has 1 aliphatic carbocycles. The van der Waals surface area contributed by atoms with Crippen LogP contribution in [0.15, 0.2) is 12.1 Å². The third-order valence-electron chi connectivity index (χ3n) is 3.37. The highest BCUT2D eigenvalue weighted by Gasteiger charge is 2.22. The molecule has 4 nitrogen and oxygen atoms in total. The molecule has 0 aliphatic heterocycles. The quantitative estimate of drug-likeness (QED) is 0.686. The molecule has 4 heteroatoms. The van der Waals surface area contributed by atoms with Gasteiger partial charge in [-0.25, -0.2) is 4.98 Å². The van der Waals surface area contributed by atoms with E-state index in [0.29, 0.717) is 11.5 Å². The molecule has 0 amide bonds. The number of aliphatic hydroxyl groups excluding tert-OH is 1. The van der Waals surface area contributed by atoms with E-state index < -0.39 is 0 Å². The van der Waals surface area contributed by atoms with Gasteiger partial charge >= 0.3 is 0 Å². The van der Waals surface area contributed by atoms with E-state index in [9.17, 15) is 5.11 Å². The molecule has 1 aliphatic rings. The van der Waals surface area contributed by atoms with Crippen LogP contribution in [0.4, 0.5) is 11.5 Å². The molecule has 2 atom stereocenters. The fraction of sp³-hybridized carbons (Fsp3) is 0.615. The van der Waals surface area contributed by atoms with Crippen molar-refractivity contribution >= 4 is 11.5 Å². The lowest BCUT2D eigenvalue weighted by molar-refractivity contribution is 0.144. The smallest absolute Gasteiger partial charge is 0.149 e. The number of aliphatic hydroxyl groups is 1. The van der Waals surface area contributed by atoms with E-state index in [-0.39, 0.29) is 12.1 Å². The zero-order chi connectivity index (χ0) is 12.3. The lowest BCUT2D eigenvalue weighted by Gasteiger charge is -2.23. The van der Waals surface area contributed by atoms with Crippen LogP contribution >= 0.6 is 0 Å². The topological polar surface area (TPSA) is 71.2 Å². The van der Waals surface area contributed by atoms with Gasteiger partial charge in [0.15, 0.2) is 0 Å². The van der Waals surface area contributed by atoms with Gasteiger partial charge in [-0.2, -0.15) is 0 Å². The molecule has 1 aromatic rings. The second-order valence-corrected chi connectivity index (χ2v) is 4.85. The van der Waals surface area contributed by atoms with Crippen molar-refractivity contribution in [3.05, 3.63) is 17.8 Å². The fourth-order valence-electron chi connectivity index (χ4n) is 2.32. The summed E-state index contributed by atoms with van der Waals surface area (Å²) >= 11 is 0. The summed E-state index contributed by atoms with van der Waals surface area (Å²) in [7, 11) is 0. The third kappa shape index (κ3) is 3.09. The van der Waals surface area contributed by atoms with Gasteiger partial charge in [0.2, 0.25) is 0 Å². The van der Waals surface area contributed by atoms with Crippen molar-refractivity contribution in [2.45, 2.75) is 51.2 Å². The average molecular weight is 235 g/mol. The molecule has 1 heterocycles. The molecule has 1 aromatic heterocycles. The Bertz CT molecular complexity index is 381. The summed E-state index contributed by atoms with van der Waals surface area (Å²) in [5.74, 6) is 0.705. The minimum Gasteiger partial charge on any atom is -0.396 e. The minimum atomic E-state index is -0.292. The summed E-state index contributed by atoms with van der Waals surface area (Å²) in [5.41, 5.74) is 7.46. The molecule has 0 radical (unpaired) electrons. The first kappa shape index (κ1) is 12.2.